The number of hydrogen-bond donors (Lipinski definition) is 2. The van der Waals surface area contributed by atoms with Crippen molar-refractivity contribution in [3.05, 3.63) is 18.2 Å². The largest absolute Gasteiger partial charge is 0.399 e. The molecule has 0 bridgehead atoms. The molecule has 0 aliphatic rings. The Morgan fingerprint density at radius 1 is 1.26 bits per heavy atom. The van der Waals surface area contributed by atoms with Gasteiger partial charge in [0.1, 0.15) is 0 Å². The van der Waals surface area contributed by atoms with E-state index < -0.39 is 10.0 Å². The third-order valence-corrected chi connectivity index (χ3v) is 4.97. The molecule has 0 saturated carbocycles. The highest BCUT2D eigenvalue weighted by Crippen LogP contribution is 2.27. The standard InChI is InChI=1S/C12H21N3O2S2/c1-3-15(4-2)7-8-18-11-6-5-10(13)9-12(11)19(14,16)17/h5-6,9H,3-4,7-8,13H2,1-2H3,(H2,14,16,17). The SMILES string of the molecule is CCN(CC)CCSc1ccc(N)cc1S(N)(=O)=O. The minimum Gasteiger partial charge on any atom is -0.399 e. The lowest BCUT2D eigenvalue weighted by Crippen LogP contribution is -2.25. The van der Waals surface area contributed by atoms with E-state index in [0.29, 0.717) is 10.6 Å². The second kappa shape index (κ2) is 7.14. The van der Waals surface area contributed by atoms with Crippen LogP contribution in [0.5, 0.6) is 0 Å². The van der Waals surface area contributed by atoms with E-state index in [9.17, 15) is 8.42 Å². The zero-order chi connectivity index (χ0) is 14.5. The third-order valence-electron chi connectivity index (χ3n) is 2.83. The van der Waals surface area contributed by atoms with E-state index in [1.54, 1.807) is 12.1 Å². The van der Waals surface area contributed by atoms with Crippen LogP contribution in [0.2, 0.25) is 0 Å². The fourth-order valence-corrected chi connectivity index (χ4v) is 3.80. The van der Waals surface area contributed by atoms with E-state index in [1.807, 2.05) is 0 Å². The molecule has 5 nitrogen and oxygen atoms in total. The Bertz CT molecular complexity index is 514. The van der Waals surface area contributed by atoms with Crippen molar-refractivity contribution >= 4 is 27.5 Å². The second-order valence-corrected chi connectivity index (χ2v) is 6.79. The quantitative estimate of drug-likeness (QED) is 0.586. The molecule has 0 atom stereocenters. The molecule has 1 rings (SSSR count). The average Bonchev–Trinajstić information content (AvgIpc) is 2.35. The van der Waals surface area contributed by atoms with E-state index in [-0.39, 0.29) is 4.90 Å². The highest BCUT2D eigenvalue weighted by Gasteiger charge is 2.14. The Hall–Kier alpha value is -0.760. The zero-order valence-electron chi connectivity index (χ0n) is 11.3. The van der Waals surface area contributed by atoms with Crippen molar-refractivity contribution in [3.63, 3.8) is 0 Å². The van der Waals surface area contributed by atoms with Crippen molar-refractivity contribution < 1.29 is 8.42 Å². The Labute approximate surface area is 119 Å². The molecule has 0 radical (unpaired) electrons. The van der Waals surface area contributed by atoms with E-state index >= 15 is 0 Å². The van der Waals surface area contributed by atoms with Gasteiger partial charge in [0, 0.05) is 22.9 Å². The summed E-state index contributed by atoms with van der Waals surface area (Å²) >= 11 is 1.49. The van der Waals surface area contributed by atoms with E-state index in [1.165, 1.54) is 17.8 Å². The van der Waals surface area contributed by atoms with Crippen molar-refractivity contribution in [2.24, 2.45) is 5.14 Å². The van der Waals surface area contributed by atoms with Crippen LogP contribution in [0, 0.1) is 0 Å². The van der Waals surface area contributed by atoms with Gasteiger partial charge in [-0.05, 0) is 31.3 Å². The summed E-state index contributed by atoms with van der Waals surface area (Å²) in [4.78, 5) is 3.04. The van der Waals surface area contributed by atoms with Crippen LogP contribution >= 0.6 is 11.8 Å². The molecule has 0 spiro atoms. The van der Waals surface area contributed by atoms with Crippen LogP contribution in [0.15, 0.2) is 28.0 Å². The maximum atomic E-state index is 11.5. The Morgan fingerprint density at radius 3 is 2.42 bits per heavy atom. The lowest BCUT2D eigenvalue weighted by molar-refractivity contribution is 0.324. The number of hydrogen-bond acceptors (Lipinski definition) is 5. The summed E-state index contributed by atoms with van der Waals surface area (Å²) in [5.41, 5.74) is 6.01. The third kappa shape index (κ3) is 5.02. The molecule has 0 fully saturated rings. The lowest BCUT2D eigenvalue weighted by Gasteiger charge is -2.17. The first kappa shape index (κ1) is 16.3. The fourth-order valence-electron chi connectivity index (χ4n) is 1.69. The van der Waals surface area contributed by atoms with Gasteiger partial charge in [-0.15, -0.1) is 11.8 Å². The van der Waals surface area contributed by atoms with Gasteiger partial charge >= 0.3 is 0 Å². The van der Waals surface area contributed by atoms with Gasteiger partial charge in [-0.25, -0.2) is 13.6 Å². The van der Waals surface area contributed by atoms with Crippen LogP contribution in [0.4, 0.5) is 5.69 Å². The first-order chi connectivity index (χ1) is 8.88. The minimum absolute atomic E-state index is 0.108. The van der Waals surface area contributed by atoms with Gasteiger partial charge in [0.05, 0.1) is 4.90 Å². The topological polar surface area (TPSA) is 89.4 Å². The fraction of sp³-hybridized carbons (Fsp3) is 0.500. The Morgan fingerprint density at radius 2 is 1.89 bits per heavy atom. The van der Waals surface area contributed by atoms with E-state index in [2.05, 4.69) is 18.7 Å². The first-order valence-electron chi connectivity index (χ1n) is 6.16. The van der Waals surface area contributed by atoms with Gasteiger partial charge in [0.15, 0.2) is 0 Å². The second-order valence-electron chi connectivity index (χ2n) is 4.13. The molecule has 0 amide bonds. The van der Waals surface area contributed by atoms with E-state index in [4.69, 9.17) is 10.9 Å². The number of sulfonamides is 1. The number of nitrogens with two attached hydrogens (primary N) is 2. The zero-order valence-corrected chi connectivity index (χ0v) is 12.9. The maximum Gasteiger partial charge on any atom is 0.239 e. The molecule has 0 aliphatic heterocycles. The molecule has 0 unspecified atom stereocenters. The molecule has 1 aromatic rings. The predicted octanol–water partition coefficient (Wildman–Crippen LogP) is 1.35. The summed E-state index contributed by atoms with van der Waals surface area (Å²) in [5, 5.41) is 5.20. The van der Waals surface area contributed by atoms with Crippen molar-refractivity contribution in [2.45, 2.75) is 23.6 Å². The van der Waals surface area contributed by atoms with Crippen LogP contribution in [0.25, 0.3) is 0 Å². The van der Waals surface area contributed by atoms with Gasteiger partial charge in [-0.1, -0.05) is 13.8 Å². The summed E-state index contributed by atoms with van der Waals surface area (Å²) in [6.45, 7) is 7.09. The molecule has 4 N–H and O–H groups in total. The van der Waals surface area contributed by atoms with Crippen LogP contribution in [0.3, 0.4) is 0 Å². The van der Waals surface area contributed by atoms with Crippen molar-refractivity contribution in [2.75, 3.05) is 31.1 Å². The van der Waals surface area contributed by atoms with Crippen LogP contribution < -0.4 is 10.9 Å². The first-order valence-corrected chi connectivity index (χ1v) is 8.69. The number of nitrogen functional groups attached to an aromatic ring is 1. The van der Waals surface area contributed by atoms with Gasteiger partial charge < -0.3 is 10.6 Å². The molecular formula is C12H21N3O2S2. The molecule has 1 aromatic carbocycles. The molecule has 0 aromatic heterocycles. The van der Waals surface area contributed by atoms with Gasteiger partial charge in [-0.3, -0.25) is 0 Å². The molecule has 7 heteroatoms. The Kier molecular flexibility index (Phi) is 6.12. The lowest BCUT2D eigenvalue weighted by atomic mass is 10.3. The predicted molar refractivity (Wildman–Crippen MR) is 80.7 cm³/mol. The molecule has 19 heavy (non-hydrogen) atoms. The Balaban J connectivity index is 2.79. The monoisotopic (exact) mass is 303 g/mol. The van der Waals surface area contributed by atoms with Crippen molar-refractivity contribution in [3.8, 4) is 0 Å². The van der Waals surface area contributed by atoms with Gasteiger partial charge in [0.2, 0.25) is 10.0 Å². The normalized spacial score (nSPS) is 12.0. The summed E-state index contributed by atoms with van der Waals surface area (Å²) < 4.78 is 23.0. The van der Waals surface area contributed by atoms with Crippen LogP contribution in [-0.2, 0) is 10.0 Å². The van der Waals surface area contributed by atoms with Crippen molar-refractivity contribution in [1.82, 2.24) is 4.90 Å². The minimum atomic E-state index is -3.73. The number of anilines is 1. The maximum absolute atomic E-state index is 11.5. The number of primary sulfonamides is 1. The molecule has 108 valence electrons. The summed E-state index contributed by atoms with van der Waals surface area (Å²) in [5.74, 6) is 0.814. The molecule has 0 aliphatic carbocycles. The molecule has 0 heterocycles. The van der Waals surface area contributed by atoms with Crippen LogP contribution in [0.1, 0.15) is 13.8 Å². The molecular weight excluding hydrogens is 282 g/mol. The number of nitrogens with zero attached hydrogens (tertiary/aromatic N) is 1. The van der Waals surface area contributed by atoms with Crippen molar-refractivity contribution in [1.29, 1.82) is 0 Å². The molecule has 0 saturated heterocycles. The summed E-state index contributed by atoms with van der Waals surface area (Å²) in [6, 6.07) is 4.81. The number of benzene rings is 1. The number of thioether (sulfide) groups is 1. The number of rotatable bonds is 7. The van der Waals surface area contributed by atoms with Gasteiger partial charge in [0.25, 0.3) is 0 Å². The smallest absolute Gasteiger partial charge is 0.239 e. The van der Waals surface area contributed by atoms with Gasteiger partial charge in [-0.2, -0.15) is 0 Å². The van der Waals surface area contributed by atoms with Crippen LogP contribution in [-0.4, -0.2) is 38.7 Å². The average molecular weight is 303 g/mol. The van der Waals surface area contributed by atoms with E-state index in [0.717, 1.165) is 25.4 Å². The summed E-state index contributed by atoms with van der Waals surface area (Å²) in [7, 11) is -3.73. The highest BCUT2D eigenvalue weighted by atomic mass is 32.2. The summed E-state index contributed by atoms with van der Waals surface area (Å²) in [6.07, 6.45) is 0. The highest BCUT2D eigenvalue weighted by molar-refractivity contribution is 8.00.